The van der Waals surface area contributed by atoms with Gasteiger partial charge in [-0.15, -0.1) is 0 Å². The van der Waals surface area contributed by atoms with Crippen LogP contribution in [0, 0.1) is 6.92 Å². The van der Waals surface area contributed by atoms with Gasteiger partial charge in [-0.1, -0.05) is 35.5 Å². The third-order valence-electron chi connectivity index (χ3n) is 4.20. The van der Waals surface area contributed by atoms with Gasteiger partial charge in [-0.05, 0) is 59.5 Å². The van der Waals surface area contributed by atoms with Gasteiger partial charge in [0.05, 0.1) is 7.11 Å². The van der Waals surface area contributed by atoms with Crippen LogP contribution in [0.3, 0.4) is 0 Å². The van der Waals surface area contributed by atoms with Crippen molar-refractivity contribution in [2.24, 2.45) is 10.9 Å². The highest BCUT2D eigenvalue weighted by Gasteiger charge is 2.17. The van der Waals surface area contributed by atoms with E-state index in [1.54, 1.807) is 19.2 Å². The van der Waals surface area contributed by atoms with E-state index in [4.69, 9.17) is 10.5 Å². The molecule has 4 N–H and O–H groups in total. The Labute approximate surface area is 152 Å². The second kappa shape index (κ2) is 7.19. The molecule has 132 valence electrons. The number of methoxy groups -OCH3 is 1. The summed E-state index contributed by atoms with van der Waals surface area (Å²) in [5, 5.41) is 22.1. The molecule has 0 saturated heterocycles. The van der Waals surface area contributed by atoms with Gasteiger partial charge in [-0.3, -0.25) is 0 Å². The lowest BCUT2D eigenvalue weighted by Crippen LogP contribution is -2.15. The summed E-state index contributed by atoms with van der Waals surface area (Å²) in [4.78, 5) is 0. The maximum absolute atomic E-state index is 9.60. The number of nitrogens with two attached hydrogens (primary N) is 1. The van der Waals surface area contributed by atoms with Crippen LogP contribution in [-0.2, 0) is 0 Å². The van der Waals surface area contributed by atoms with Gasteiger partial charge < -0.3 is 20.8 Å². The first kappa shape index (κ1) is 17.4. The van der Waals surface area contributed by atoms with E-state index in [0.717, 1.165) is 27.8 Å². The van der Waals surface area contributed by atoms with Crippen molar-refractivity contribution in [3.8, 4) is 33.8 Å². The molecular formula is C21H20N2O3. The third kappa shape index (κ3) is 3.32. The van der Waals surface area contributed by atoms with E-state index < -0.39 is 0 Å². The summed E-state index contributed by atoms with van der Waals surface area (Å²) >= 11 is 0. The minimum Gasteiger partial charge on any atom is -0.508 e. The largest absolute Gasteiger partial charge is 0.508 e. The second-order valence-corrected chi connectivity index (χ2v) is 6.00. The van der Waals surface area contributed by atoms with E-state index in [9.17, 15) is 10.3 Å². The van der Waals surface area contributed by atoms with Crippen LogP contribution in [-0.4, -0.2) is 23.3 Å². The number of phenols is 1. The fourth-order valence-corrected chi connectivity index (χ4v) is 3.00. The first-order valence-corrected chi connectivity index (χ1v) is 8.10. The van der Waals surface area contributed by atoms with Crippen molar-refractivity contribution < 1.29 is 15.1 Å². The van der Waals surface area contributed by atoms with Crippen LogP contribution in [0.5, 0.6) is 11.5 Å². The Balaban J connectivity index is 2.35. The molecule has 0 fully saturated rings. The average molecular weight is 348 g/mol. The van der Waals surface area contributed by atoms with Gasteiger partial charge in [0.15, 0.2) is 5.84 Å². The topological polar surface area (TPSA) is 88.1 Å². The highest BCUT2D eigenvalue weighted by atomic mass is 16.5. The molecule has 26 heavy (non-hydrogen) atoms. The number of benzene rings is 3. The Morgan fingerprint density at radius 2 is 1.73 bits per heavy atom. The first-order chi connectivity index (χ1) is 12.5. The van der Waals surface area contributed by atoms with Crippen molar-refractivity contribution in [3.05, 3.63) is 71.8 Å². The van der Waals surface area contributed by atoms with E-state index >= 15 is 0 Å². The zero-order valence-corrected chi connectivity index (χ0v) is 14.6. The number of hydrogen-bond donors (Lipinski definition) is 3. The summed E-state index contributed by atoms with van der Waals surface area (Å²) < 4.78 is 5.34. The van der Waals surface area contributed by atoms with Crippen molar-refractivity contribution in [1.29, 1.82) is 0 Å². The molecule has 0 aromatic heterocycles. The normalized spacial score (nSPS) is 11.4. The predicted octanol–water partition coefficient (Wildman–Crippen LogP) is 4.14. The fourth-order valence-electron chi connectivity index (χ4n) is 3.00. The fraction of sp³-hybridized carbons (Fsp3) is 0.0952. The van der Waals surface area contributed by atoms with Gasteiger partial charge >= 0.3 is 0 Å². The molecule has 0 unspecified atom stereocenters. The van der Waals surface area contributed by atoms with Crippen molar-refractivity contribution in [2.75, 3.05) is 7.11 Å². The summed E-state index contributed by atoms with van der Waals surface area (Å²) in [7, 11) is 1.61. The van der Waals surface area contributed by atoms with Crippen molar-refractivity contribution in [2.45, 2.75) is 6.92 Å². The van der Waals surface area contributed by atoms with Gasteiger partial charge in [0.1, 0.15) is 11.5 Å². The van der Waals surface area contributed by atoms with Gasteiger partial charge in [0.2, 0.25) is 0 Å². The van der Waals surface area contributed by atoms with Gasteiger partial charge in [-0.2, -0.15) is 0 Å². The minimum absolute atomic E-state index is 0.0338. The molecule has 3 rings (SSSR count). The van der Waals surface area contributed by atoms with Crippen molar-refractivity contribution in [1.82, 2.24) is 0 Å². The number of aromatic hydroxyl groups is 1. The number of rotatable bonds is 4. The predicted molar refractivity (Wildman–Crippen MR) is 103 cm³/mol. The molecule has 0 saturated carbocycles. The number of hydrogen-bond acceptors (Lipinski definition) is 4. The van der Waals surface area contributed by atoms with Crippen LogP contribution in [0.1, 0.15) is 11.1 Å². The molecule has 0 aliphatic rings. The van der Waals surface area contributed by atoms with Crippen LogP contribution in [0.4, 0.5) is 0 Å². The summed E-state index contributed by atoms with van der Waals surface area (Å²) in [5.74, 6) is 0.942. The van der Waals surface area contributed by atoms with Crippen LogP contribution in [0.25, 0.3) is 22.3 Å². The lowest BCUT2D eigenvalue weighted by atomic mass is 9.88. The average Bonchev–Trinajstić information content (AvgIpc) is 2.67. The highest BCUT2D eigenvalue weighted by molar-refractivity contribution is 6.07. The lowest BCUT2D eigenvalue weighted by Gasteiger charge is -2.17. The van der Waals surface area contributed by atoms with Crippen LogP contribution in [0.15, 0.2) is 65.8 Å². The van der Waals surface area contributed by atoms with E-state index in [0.29, 0.717) is 11.3 Å². The Kier molecular flexibility index (Phi) is 4.80. The molecule has 0 amide bonds. The first-order valence-electron chi connectivity index (χ1n) is 8.10. The number of aryl methyl sites for hydroxylation is 1. The maximum atomic E-state index is 9.60. The molecule has 0 aliphatic heterocycles. The monoisotopic (exact) mass is 348 g/mol. The third-order valence-corrected chi connectivity index (χ3v) is 4.20. The Morgan fingerprint density at radius 1 is 1.00 bits per heavy atom. The Hall–Kier alpha value is -3.47. The number of phenolic OH excluding ortho intramolecular Hbond substituents is 1. The van der Waals surface area contributed by atoms with Crippen molar-refractivity contribution in [3.63, 3.8) is 0 Å². The number of amidine groups is 1. The zero-order valence-electron chi connectivity index (χ0n) is 14.6. The molecule has 0 heterocycles. The molecular weight excluding hydrogens is 328 g/mol. The van der Waals surface area contributed by atoms with Crippen molar-refractivity contribution >= 4 is 5.84 Å². The SMILES string of the molecule is COc1cccc(-c2c(/C(N)=N/O)cc(C)cc2-c2ccc(O)cc2)c1. The van der Waals surface area contributed by atoms with Crippen LogP contribution in [0.2, 0.25) is 0 Å². The molecule has 5 heteroatoms. The standard InChI is InChI=1S/C21H20N2O3/c1-13-10-18(14-6-8-16(24)9-7-14)20(19(11-13)21(22)23-25)15-4-3-5-17(12-15)26-2/h3-12,24-25H,1-2H3,(H2,22,23). The number of oxime groups is 1. The van der Waals surface area contributed by atoms with Crippen LogP contribution >= 0.6 is 0 Å². The van der Waals surface area contributed by atoms with E-state index in [-0.39, 0.29) is 11.6 Å². The molecule has 0 spiro atoms. The van der Waals surface area contributed by atoms with E-state index in [1.807, 2.05) is 55.5 Å². The second-order valence-electron chi connectivity index (χ2n) is 6.00. The highest BCUT2D eigenvalue weighted by Crippen LogP contribution is 2.37. The molecule has 0 aliphatic carbocycles. The van der Waals surface area contributed by atoms with Crippen LogP contribution < -0.4 is 10.5 Å². The number of ether oxygens (including phenoxy) is 1. The lowest BCUT2D eigenvalue weighted by molar-refractivity contribution is 0.318. The molecule has 0 atom stereocenters. The summed E-state index contributed by atoms with van der Waals surface area (Å²) in [5.41, 5.74) is 11.1. The van der Waals surface area contributed by atoms with E-state index in [1.165, 1.54) is 0 Å². The molecule has 3 aromatic rings. The molecule has 5 nitrogen and oxygen atoms in total. The van der Waals surface area contributed by atoms with Gasteiger partial charge in [0.25, 0.3) is 0 Å². The summed E-state index contributed by atoms with van der Waals surface area (Å²) in [6.45, 7) is 1.95. The zero-order chi connectivity index (χ0) is 18.7. The minimum atomic E-state index is 0.0338. The van der Waals surface area contributed by atoms with Gasteiger partial charge in [-0.25, -0.2) is 0 Å². The van der Waals surface area contributed by atoms with E-state index in [2.05, 4.69) is 5.16 Å². The summed E-state index contributed by atoms with van der Waals surface area (Å²) in [6, 6.07) is 18.5. The summed E-state index contributed by atoms with van der Waals surface area (Å²) in [6.07, 6.45) is 0. The Morgan fingerprint density at radius 3 is 2.38 bits per heavy atom. The molecule has 0 bridgehead atoms. The quantitative estimate of drug-likeness (QED) is 0.286. The molecule has 0 radical (unpaired) electrons. The maximum Gasteiger partial charge on any atom is 0.170 e. The Bertz CT molecular complexity index is 963. The number of nitrogens with zero attached hydrogens (tertiary/aromatic N) is 1. The smallest absolute Gasteiger partial charge is 0.170 e. The molecule has 3 aromatic carbocycles. The van der Waals surface area contributed by atoms with Gasteiger partial charge in [0, 0.05) is 11.1 Å².